The molecule has 1 fully saturated rings. The summed E-state index contributed by atoms with van der Waals surface area (Å²) in [6, 6.07) is 5.13. The average molecular weight is 221 g/mol. The lowest BCUT2D eigenvalue weighted by Crippen LogP contribution is -1.93. The summed E-state index contributed by atoms with van der Waals surface area (Å²) in [5.74, 6) is 0.733. The van der Waals surface area contributed by atoms with Crippen molar-refractivity contribution in [1.82, 2.24) is 9.97 Å². The molecule has 1 saturated carbocycles. The van der Waals surface area contributed by atoms with Crippen molar-refractivity contribution in [3.8, 4) is 5.75 Å². The highest BCUT2D eigenvalue weighted by atomic mass is 35.5. The van der Waals surface area contributed by atoms with Crippen molar-refractivity contribution in [2.24, 2.45) is 0 Å². The lowest BCUT2D eigenvalue weighted by Gasteiger charge is -2.04. The number of phenolic OH excluding ortho intramolecular Hbond substituents is 1. The van der Waals surface area contributed by atoms with Gasteiger partial charge in [-0.2, -0.15) is 0 Å². The van der Waals surface area contributed by atoms with Crippen LogP contribution in [0.5, 0.6) is 5.75 Å². The van der Waals surface area contributed by atoms with E-state index in [4.69, 9.17) is 11.6 Å². The van der Waals surface area contributed by atoms with E-state index in [1.165, 1.54) is 12.8 Å². The molecule has 3 rings (SSSR count). The van der Waals surface area contributed by atoms with Gasteiger partial charge in [-0.25, -0.2) is 9.97 Å². The fourth-order valence-electron chi connectivity index (χ4n) is 1.78. The largest absolute Gasteiger partial charge is 0.508 e. The van der Waals surface area contributed by atoms with Gasteiger partial charge in [-0.05, 0) is 36.6 Å². The Kier molecular flexibility index (Phi) is 1.83. The Morgan fingerprint density at radius 3 is 2.80 bits per heavy atom. The van der Waals surface area contributed by atoms with Crippen LogP contribution in [0.25, 0.3) is 10.9 Å². The molecule has 0 amide bonds. The van der Waals surface area contributed by atoms with Crippen molar-refractivity contribution in [1.29, 1.82) is 0 Å². The standard InChI is InChI=1S/C11H9ClN2O/c12-11-13-9-5-7(15)3-4-8(9)10(14-11)6-1-2-6/h3-6,15H,1-2H2. The zero-order valence-corrected chi connectivity index (χ0v) is 8.70. The summed E-state index contributed by atoms with van der Waals surface area (Å²) in [6.07, 6.45) is 2.34. The molecule has 1 N–H and O–H groups in total. The van der Waals surface area contributed by atoms with E-state index in [-0.39, 0.29) is 11.0 Å². The SMILES string of the molecule is Oc1ccc2c(C3CC3)nc(Cl)nc2c1. The van der Waals surface area contributed by atoms with E-state index in [0.29, 0.717) is 5.92 Å². The summed E-state index contributed by atoms with van der Waals surface area (Å²) < 4.78 is 0. The second kappa shape index (κ2) is 3.07. The molecule has 0 radical (unpaired) electrons. The number of benzene rings is 1. The van der Waals surface area contributed by atoms with Crippen LogP contribution in [0.3, 0.4) is 0 Å². The van der Waals surface area contributed by atoms with Gasteiger partial charge < -0.3 is 5.11 Å². The van der Waals surface area contributed by atoms with Gasteiger partial charge in [-0.3, -0.25) is 0 Å². The highest BCUT2D eigenvalue weighted by molar-refractivity contribution is 6.28. The smallest absolute Gasteiger partial charge is 0.223 e. The van der Waals surface area contributed by atoms with E-state index in [1.807, 2.05) is 6.07 Å². The summed E-state index contributed by atoms with van der Waals surface area (Å²) >= 11 is 5.84. The number of aromatic nitrogens is 2. The van der Waals surface area contributed by atoms with Crippen LogP contribution in [0, 0.1) is 0 Å². The van der Waals surface area contributed by atoms with Gasteiger partial charge in [-0.1, -0.05) is 0 Å². The average Bonchev–Trinajstić information content (AvgIpc) is 2.98. The third-order valence-corrected chi connectivity index (χ3v) is 2.82. The number of fused-ring (bicyclic) bond motifs is 1. The molecule has 1 aliphatic rings. The first kappa shape index (κ1) is 8.92. The lowest BCUT2D eigenvalue weighted by atomic mass is 10.1. The number of phenols is 1. The van der Waals surface area contributed by atoms with Gasteiger partial charge in [0, 0.05) is 17.4 Å². The summed E-state index contributed by atoms with van der Waals surface area (Å²) in [6.45, 7) is 0. The highest BCUT2D eigenvalue weighted by Crippen LogP contribution is 2.42. The minimum Gasteiger partial charge on any atom is -0.508 e. The molecule has 4 heteroatoms. The molecule has 15 heavy (non-hydrogen) atoms. The van der Waals surface area contributed by atoms with Gasteiger partial charge in [0.1, 0.15) is 5.75 Å². The van der Waals surface area contributed by atoms with Crippen molar-refractivity contribution < 1.29 is 5.11 Å². The van der Waals surface area contributed by atoms with Crippen molar-refractivity contribution in [3.63, 3.8) is 0 Å². The molecular formula is C11H9ClN2O. The summed E-state index contributed by atoms with van der Waals surface area (Å²) in [7, 11) is 0. The third kappa shape index (κ3) is 1.53. The lowest BCUT2D eigenvalue weighted by molar-refractivity contribution is 0.476. The van der Waals surface area contributed by atoms with E-state index in [9.17, 15) is 5.11 Å². The van der Waals surface area contributed by atoms with Crippen LogP contribution in [0.2, 0.25) is 5.28 Å². The Hall–Kier alpha value is -1.35. The van der Waals surface area contributed by atoms with Crippen molar-refractivity contribution in [2.75, 3.05) is 0 Å². The van der Waals surface area contributed by atoms with E-state index in [0.717, 1.165) is 16.6 Å². The normalized spacial score (nSPS) is 15.8. The number of rotatable bonds is 1. The third-order valence-electron chi connectivity index (χ3n) is 2.65. The minimum absolute atomic E-state index is 0.207. The molecular weight excluding hydrogens is 212 g/mol. The second-order valence-corrected chi connectivity index (χ2v) is 4.19. The Morgan fingerprint density at radius 1 is 1.27 bits per heavy atom. The fourth-order valence-corrected chi connectivity index (χ4v) is 1.96. The molecule has 2 aromatic rings. The quantitative estimate of drug-likeness (QED) is 0.752. The van der Waals surface area contributed by atoms with Crippen LogP contribution in [0.15, 0.2) is 18.2 Å². The molecule has 0 unspecified atom stereocenters. The summed E-state index contributed by atoms with van der Waals surface area (Å²) in [5.41, 5.74) is 1.74. The van der Waals surface area contributed by atoms with Gasteiger partial charge in [0.2, 0.25) is 5.28 Å². The Balaban J connectivity index is 2.33. The van der Waals surface area contributed by atoms with E-state index in [2.05, 4.69) is 9.97 Å². The van der Waals surface area contributed by atoms with Gasteiger partial charge in [0.15, 0.2) is 0 Å². The maximum absolute atomic E-state index is 9.36. The van der Waals surface area contributed by atoms with E-state index in [1.54, 1.807) is 12.1 Å². The Bertz CT molecular complexity index is 532. The zero-order chi connectivity index (χ0) is 10.4. The monoisotopic (exact) mass is 220 g/mol. The topological polar surface area (TPSA) is 46.0 Å². The number of halogens is 1. The summed E-state index contributed by atoms with van der Waals surface area (Å²) in [5, 5.41) is 10.6. The predicted octanol–water partition coefficient (Wildman–Crippen LogP) is 2.87. The highest BCUT2D eigenvalue weighted by Gasteiger charge is 2.27. The van der Waals surface area contributed by atoms with E-state index >= 15 is 0 Å². The molecule has 0 bridgehead atoms. The van der Waals surface area contributed by atoms with Gasteiger partial charge in [0.05, 0.1) is 11.2 Å². The minimum atomic E-state index is 0.207. The molecule has 3 nitrogen and oxygen atoms in total. The van der Waals surface area contributed by atoms with Crippen molar-refractivity contribution in [2.45, 2.75) is 18.8 Å². The van der Waals surface area contributed by atoms with Crippen LogP contribution >= 0.6 is 11.6 Å². The molecule has 0 spiro atoms. The van der Waals surface area contributed by atoms with Crippen LogP contribution < -0.4 is 0 Å². The zero-order valence-electron chi connectivity index (χ0n) is 7.94. The predicted molar refractivity (Wildman–Crippen MR) is 58.2 cm³/mol. The maximum Gasteiger partial charge on any atom is 0.223 e. The molecule has 1 heterocycles. The van der Waals surface area contributed by atoms with Crippen LogP contribution in [-0.2, 0) is 0 Å². The first-order valence-corrected chi connectivity index (χ1v) is 5.28. The van der Waals surface area contributed by atoms with Gasteiger partial charge in [0.25, 0.3) is 0 Å². The van der Waals surface area contributed by atoms with Gasteiger partial charge >= 0.3 is 0 Å². The number of hydrogen-bond donors (Lipinski definition) is 1. The van der Waals surface area contributed by atoms with E-state index < -0.39 is 0 Å². The number of hydrogen-bond acceptors (Lipinski definition) is 3. The molecule has 1 aromatic carbocycles. The van der Waals surface area contributed by atoms with Gasteiger partial charge in [-0.15, -0.1) is 0 Å². The molecule has 0 atom stereocenters. The van der Waals surface area contributed by atoms with Crippen molar-refractivity contribution >= 4 is 22.5 Å². The molecule has 1 aliphatic carbocycles. The molecule has 1 aromatic heterocycles. The van der Waals surface area contributed by atoms with Crippen molar-refractivity contribution in [3.05, 3.63) is 29.2 Å². The van der Waals surface area contributed by atoms with Crippen LogP contribution in [0.1, 0.15) is 24.5 Å². The Morgan fingerprint density at radius 2 is 2.07 bits per heavy atom. The van der Waals surface area contributed by atoms with Crippen LogP contribution in [0.4, 0.5) is 0 Å². The number of nitrogens with zero attached hydrogens (tertiary/aromatic N) is 2. The number of aromatic hydroxyl groups is 1. The Labute approximate surface area is 91.7 Å². The second-order valence-electron chi connectivity index (χ2n) is 3.85. The summed E-state index contributed by atoms with van der Waals surface area (Å²) in [4.78, 5) is 8.37. The molecule has 76 valence electrons. The van der Waals surface area contributed by atoms with Crippen LogP contribution in [-0.4, -0.2) is 15.1 Å². The molecule has 0 aliphatic heterocycles. The fraction of sp³-hybridized carbons (Fsp3) is 0.273. The maximum atomic E-state index is 9.36. The molecule has 0 saturated heterocycles. The first-order valence-electron chi connectivity index (χ1n) is 4.90. The first-order chi connectivity index (χ1) is 7.24.